The molecule has 33 heavy (non-hydrogen) atoms. The second-order valence-electron chi connectivity index (χ2n) is 11.6. The van der Waals surface area contributed by atoms with E-state index in [1.807, 2.05) is 0 Å². The van der Waals surface area contributed by atoms with E-state index in [9.17, 15) is 0 Å². The number of benzene rings is 1. The van der Waals surface area contributed by atoms with Crippen molar-refractivity contribution in [2.75, 3.05) is 0 Å². The van der Waals surface area contributed by atoms with Crippen LogP contribution in [-0.4, -0.2) is 0 Å². The highest BCUT2D eigenvalue weighted by atomic mass is 14.3. The molecule has 0 atom stereocenters. The molecule has 0 radical (unpaired) electrons. The van der Waals surface area contributed by atoms with Gasteiger partial charge in [-0.25, -0.2) is 0 Å². The van der Waals surface area contributed by atoms with Gasteiger partial charge in [0.25, 0.3) is 0 Å². The Kier molecular flexibility index (Phi) is 9.58. The SMILES string of the molecule is CCC[C@H]1CC[C@H](c2ccc(C#C/C=C/C3CCC([C@H]4CC[C@H](CC)CC4)CC3)cc2)CC1. The van der Waals surface area contributed by atoms with E-state index in [1.165, 1.54) is 102 Å². The second kappa shape index (κ2) is 12.8. The van der Waals surface area contributed by atoms with Crippen LogP contribution in [0.3, 0.4) is 0 Å². The molecule has 0 nitrogen and oxygen atoms in total. The number of allylic oxidation sites excluding steroid dienone is 2. The van der Waals surface area contributed by atoms with Crippen LogP contribution in [-0.2, 0) is 0 Å². The summed E-state index contributed by atoms with van der Waals surface area (Å²) in [5, 5.41) is 0. The average molecular weight is 445 g/mol. The topological polar surface area (TPSA) is 0 Å². The Hall–Kier alpha value is -1.48. The predicted octanol–water partition coefficient (Wildman–Crippen LogP) is 9.69. The average Bonchev–Trinajstić information content (AvgIpc) is 2.88. The van der Waals surface area contributed by atoms with E-state index in [2.05, 4.69) is 62.1 Å². The summed E-state index contributed by atoms with van der Waals surface area (Å²) < 4.78 is 0. The van der Waals surface area contributed by atoms with Crippen LogP contribution in [0.5, 0.6) is 0 Å². The highest BCUT2D eigenvalue weighted by Gasteiger charge is 2.29. The third-order valence-corrected chi connectivity index (χ3v) is 9.55. The quantitative estimate of drug-likeness (QED) is 0.383. The molecule has 1 aromatic rings. The first-order chi connectivity index (χ1) is 16.2. The van der Waals surface area contributed by atoms with Gasteiger partial charge in [0.05, 0.1) is 0 Å². The lowest BCUT2D eigenvalue weighted by atomic mass is 9.69. The largest absolute Gasteiger partial charge is 0.0730 e. The van der Waals surface area contributed by atoms with Crippen molar-refractivity contribution in [3.05, 3.63) is 47.5 Å². The third kappa shape index (κ3) is 7.25. The van der Waals surface area contributed by atoms with Gasteiger partial charge >= 0.3 is 0 Å². The molecule has 0 heteroatoms. The van der Waals surface area contributed by atoms with Crippen molar-refractivity contribution in [1.29, 1.82) is 0 Å². The van der Waals surface area contributed by atoms with Crippen molar-refractivity contribution in [1.82, 2.24) is 0 Å². The molecule has 3 saturated carbocycles. The van der Waals surface area contributed by atoms with Crippen LogP contribution in [0, 0.1) is 41.4 Å². The van der Waals surface area contributed by atoms with Crippen molar-refractivity contribution in [3.8, 4) is 11.8 Å². The Bertz CT molecular complexity index is 764. The Morgan fingerprint density at radius 1 is 0.727 bits per heavy atom. The monoisotopic (exact) mass is 444 g/mol. The van der Waals surface area contributed by atoms with Gasteiger partial charge in [-0.05, 0) is 123 Å². The minimum atomic E-state index is 0.757. The van der Waals surface area contributed by atoms with E-state index in [0.717, 1.165) is 41.1 Å². The van der Waals surface area contributed by atoms with Crippen molar-refractivity contribution in [2.45, 2.75) is 116 Å². The summed E-state index contributed by atoms with van der Waals surface area (Å²) in [7, 11) is 0. The minimum absolute atomic E-state index is 0.757. The van der Waals surface area contributed by atoms with Crippen molar-refractivity contribution in [2.24, 2.45) is 29.6 Å². The van der Waals surface area contributed by atoms with Gasteiger partial charge in [0.2, 0.25) is 0 Å². The summed E-state index contributed by atoms with van der Waals surface area (Å²) in [6.07, 6.45) is 26.0. The van der Waals surface area contributed by atoms with Crippen molar-refractivity contribution >= 4 is 0 Å². The highest BCUT2D eigenvalue weighted by molar-refractivity contribution is 5.39. The molecular formula is C33H48. The van der Waals surface area contributed by atoms with Crippen LogP contribution >= 0.6 is 0 Å². The zero-order chi connectivity index (χ0) is 22.9. The van der Waals surface area contributed by atoms with Gasteiger partial charge in [0.1, 0.15) is 0 Å². The maximum atomic E-state index is 3.37. The molecule has 0 heterocycles. The maximum absolute atomic E-state index is 3.37. The van der Waals surface area contributed by atoms with Crippen LogP contribution in [0.1, 0.15) is 127 Å². The molecule has 0 aromatic heterocycles. The normalized spacial score (nSPS) is 32.9. The smallest absolute Gasteiger partial charge is 0.0249 e. The summed E-state index contributed by atoms with van der Waals surface area (Å²) in [5.41, 5.74) is 2.69. The Morgan fingerprint density at radius 3 is 1.94 bits per heavy atom. The standard InChI is InChI=1S/C33H48/c1-3-7-27-12-20-31(21-13-27)33-24-16-29(17-25-33)9-6-5-8-28-14-22-32(23-15-28)30-18-10-26(4-2)11-19-30/h5,8,16-17,24-28,30-32H,3-4,7,10-15,18-23H2,1-2H3/b8-5+/t26-,27-,28?,30-,31-,32?. The van der Waals surface area contributed by atoms with Gasteiger partial charge in [-0.15, -0.1) is 0 Å². The first-order valence-electron chi connectivity index (χ1n) is 14.5. The molecule has 0 unspecified atom stereocenters. The summed E-state index contributed by atoms with van der Waals surface area (Å²) in [5.74, 6) is 12.3. The van der Waals surface area contributed by atoms with Crippen LogP contribution in [0.4, 0.5) is 0 Å². The van der Waals surface area contributed by atoms with Gasteiger partial charge in [-0.3, -0.25) is 0 Å². The first-order valence-corrected chi connectivity index (χ1v) is 14.5. The van der Waals surface area contributed by atoms with Crippen molar-refractivity contribution in [3.63, 3.8) is 0 Å². The molecule has 4 rings (SSSR count). The Labute approximate surface area is 205 Å². The fourth-order valence-electron chi connectivity index (χ4n) is 7.22. The van der Waals surface area contributed by atoms with Crippen LogP contribution in [0.15, 0.2) is 36.4 Å². The van der Waals surface area contributed by atoms with Gasteiger partial charge in [-0.2, -0.15) is 0 Å². The van der Waals surface area contributed by atoms with Crippen LogP contribution < -0.4 is 0 Å². The molecule has 3 aliphatic rings. The van der Waals surface area contributed by atoms with Gasteiger partial charge in [-0.1, -0.05) is 76.0 Å². The second-order valence-corrected chi connectivity index (χ2v) is 11.6. The zero-order valence-electron chi connectivity index (χ0n) is 21.5. The van der Waals surface area contributed by atoms with Crippen LogP contribution in [0.2, 0.25) is 0 Å². The minimum Gasteiger partial charge on any atom is -0.0730 e. The molecular weight excluding hydrogens is 396 g/mol. The molecule has 3 aliphatic carbocycles. The number of hydrogen-bond donors (Lipinski definition) is 0. The molecule has 1 aromatic carbocycles. The molecule has 0 saturated heterocycles. The molecule has 0 aliphatic heterocycles. The van der Waals surface area contributed by atoms with Gasteiger partial charge < -0.3 is 0 Å². The van der Waals surface area contributed by atoms with E-state index in [4.69, 9.17) is 0 Å². The lowest BCUT2D eigenvalue weighted by Crippen LogP contribution is -2.25. The summed E-state index contributed by atoms with van der Waals surface area (Å²) in [4.78, 5) is 0. The third-order valence-electron chi connectivity index (χ3n) is 9.55. The number of hydrogen-bond acceptors (Lipinski definition) is 0. The summed E-state index contributed by atoms with van der Waals surface area (Å²) in [6.45, 7) is 4.70. The van der Waals surface area contributed by atoms with Crippen LogP contribution in [0.25, 0.3) is 0 Å². The zero-order valence-corrected chi connectivity index (χ0v) is 21.5. The van der Waals surface area contributed by atoms with Crippen molar-refractivity contribution < 1.29 is 0 Å². The van der Waals surface area contributed by atoms with E-state index in [1.54, 1.807) is 0 Å². The summed E-state index contributed by atoms with van der Waals surface area (Å²) >= 11 is 0. The molecule has 0 amide bonds. The first kappa shape index (κ1) is 24.6. The lowest BCUT2D eigenvalue weighted by molar-refractivity contribution is 0.154. The molecule has 0 spiro atoms. The molecule has 180 valence electrons. The lowest BCUT2D eigenvalue weighted by Gasteiger charge is -2.37. The fraction of sp³-hybridized carbons (Fsp3) is 0.697. The van der Waals surface area contributed by atoms with Gasteiger partial charge in [0, 0.05) is 5.56 Å². The van der Waals surface area contributed by atoms with E-state index in [0.29, 0.717) is 0 Å². The fourth-order valence-corrected chi connectivity index (χ4v) is 7.22. The molecule has 0 N–H and O–H groups in total. The Morgan fingerprint density at radius 2 is 1.33 bits per heavy atom. The van der Waals surface area contributed by atoms with Gasteiger partial charge in [0.15, 0.2) is 0 Å². The number of rotatable bonds is 6. The van der Waals surface area contributed by atoms with E-state index < -0.39 is 0 Å². The van der Waals surface area contributed by atoms with E-state index >= 15 is 0 Å². The predicted molar refractivity (Wildman–Crippen MR) is 143 cm³/mol. The molecule has 3 fully saturated rings. The summed E-state index contributed by atoms with van der Waals surface area (Å²) in [6, 6.07) is 9.17. The van der Waals surface area contributed by atoms with E-state index in [-0.39, 0.29) is 0 Å². The molecule has 0 bridgehead atoms. The Balaban J connectivity index is 1.18. The highest BCUT2D eigenvalue weighted by Crippen LogP contribution is 2.42. The maximum Gasteiger partial charge on any atom is 0.0249 e.